The van der Waals surface area contributed by atoms with Gasteiger partial charge in [0.05, 0.1) is 11.0 Å². The molecule has 0 atom stereocenters. The first kappa shape index (κ1) is 79.1. The van der Waals surface area contributed by atoms with E-state index in [0.29, 0.717) is 11.8 Å². The molecule has 1 aliphatic rings. The number of benzene rings is 11. The Kier molecular flexibility index (Phi) is 23.0. The SMILES string of the molecule is CC(C)c1ccc2ccc3ccc(C(C)C)nc3c2n1.CC1(C)c2cccc([PH+](c3ccccc3)c3ccccc3)c2Oc2c([PH+](c3ccccc3)c3ccccc3)cccc21.Fc1c(F)c(F)c([B-](c2c(F)c(F)c(F)c(F)c2F)(c2c(F)c(F)c(F)c(F)c2F)c2c(F)c(F)c(F)c(F)c2F)c(F)c1F.[Cu+]. The van der Waals surface area contributed by atoms with Gasteiger partial charge in [0, 0.05) is 38.7 Å². The van der Waals surface area contributed by atoms with Crippen molar-refractivity contribution >= 4 is 97.5 Å². The predicted octanol–water partition coefficient (Wildman–Crippen LogP) is 18.0. The maximum atomic E-state index is 15.4. The summed E-state index contributed by atoms with van der Waals surface area (Å²) >= 11 is 0. The number of nitrogens with zero attached hydrogens (tertiary/aromatic N) is 2. The molecule has 0 amide bonds. The summed E-state index contributed by atoms with van der Waals surface area (Å²) in [6, 6.07) is 70.3. The second kappa shape index (κ2) is 31.4. The zero-order valence-corrected chi connectivity index (χ0v) is 59.8. The molecule has 3 heterocycles. The van der Waals surface area contributed by atoms with Crippen LogP contribution in [-0.2, 0) is 22.5 Å². The van der Waals surface area contributed by atoms with Crippen molar-refractivity contribution in [1.29, 1.82) is 0 Å². The normalized spacial score (nSPS) is 12.4. The Morgan fingerprint density at radius 3 is 0.741 bits per heavy atom. The fraction of sp³-hybridized carbons (Fsp3) is 0.111. The Bertz CT molecular complexity index is 4980. The van der Waals surface area contributed by atoms with Gasteiger partial charge in [-0.05, 0) is 84.6 Å². The summed E-state index contributed by atoms with van der Waals surface area (Å²) in [5.41, 5.74) is -7.73. The van der Waals surface area contributed by atoms with Gasteiger partial charge in [-0.25, -0.2) is 87.8 Å². The van der Waals surface area contributed by atoms with Gasteiger partial charge in [0.1, 0.15) is 100 Å². The molecule has 3 nitrogen and oxygen atoms in total. The average Bonchev–Trinajstić information content (AvgIpc) is 0.681. The Balaban J connectivity index is 0.000000171. The standard InChI is InChI=1S/C39H32OP2.C24BF20.C18H20N2.Cu/c1-39(2)33-25-15-27-35(41(29-17-7-3-8-18-29)30-19-9-4-10-20-30)37(33)40-38-34(39)26-16-28-36(38)42(31-21-11-5-12-22-31)32-23-13-6-14-24-32;26-5-1(6(27)14(35)21(42)13(5)34)25(2-7(28)15(36)22(43)16(37)8(2)29,3-9(30)17(38)23(44)18(39)10(3)31)4-11(32)19(40)24(45)20(41)12(4)33;1-11(2)15-9-7-13-5-6-14-8-10-16(12(3)4)20-18(14)17(13)19-15;/h3-28H,1-2H3;;5-12H,1-4H3;/q;-1;;+1/p+2. The minimum atomic E-state index is -7.22. The van der Waals surface area contributed by atoms with E-state index < -0.39 is 160 Å². The van der Waals surface area contributed by atoms with Crippen LogP contribution in [0.15, 0.2) is 194 Å². The number of pyridine rings is 2. The summed E-state index contributed by atoms with van der Waals surface area (Å²) in [6.45, 7) is 13.4. The smallest absolute Gasteiger partial charge is 0.448 e. The van der Waals surface area contributed by atoms with Gasteiger partial charge in [0.2, 0.25) is 0 Å². The Hall–Kier alpha value is -9.92. The van der Waals surface area contributed by atoms with Gasteiger partial charge in [0.25, 0.3) is 0 Å². The molecule has 0 aliphatic carbocycles. The number of rotatable bonds is 12. The third-order valence-electron chi connectivity index (χ3n) is 18.8. The van der Waals surface area contributed by atoms with E-state index in [1.54, 1.807) is 0 Å². The summed E-state index contributed by atoms with van der Waals surface area (Å²) in [5.74, 6) is -68.5. The second-order valence-corrected chi connectivity index (χ2v) is 31.0. The van der Waals surface area contributed by atoms with Crippen LogP contribution >= 0.6 is 15.8 Å². The Labute approximate surface area is 617 Å². The van der Waals surface area contributed by atoms with Gasteiger partial charge in [-0.2, -0.15) is 0 Å². The summed E-state index contributed by atoms with van der Waals surface area (Å²) in [5, 5.41) is 10.4. The minimum absolute atomic E-state index is 0. The summed E-state index contributed by atoms with van der Waals surface area (Å²) in [4.78, 5) is 9.68. The van der Waals surface area contributed by atoms with Crippen molar-refractivity contribution in [1.82, 2.24) is 9.97 Å². The van der Waals surface area contributed by atoms with Crippen molar-refractivity contribution in [2.24, 2.45) is 0 Å². The summed E-state index contributed by atoms with van der Waals surface area (Å²) in [6.07, 6.45) is -7.22. The van der Waals surface area contributed by atoms with E-state index in [1.807, 2.05) is 0 Å². The van der Waals surface area contributed by atoms with Crippen LogP contribution in [0.1, 0.15) is 75.9 Å². The van der Waals surface area contributed by atoms with Crippen molar-refractivity contribution in [3.8, 4) is 11.5 Å². The number of para-hydroxylation sites is 2. The molecule has 2 aromatic heterocycles. The second-order valence-electron chi connectivity index (χ2n) is 26.1. The van der Waals surface area contributed by atoms with Gasteiger partial charge in [-0.3, -0.25) is 9.97 Å². The first-order valence-electron chi connectivity index (χ1n) is 32.7. The fourth-order valence-corrected chi connectivity index (χ4v) is 19.0. The van der Waals surface area contributed by atoms with Crippen molar-refractivity contribution in [3.05, 3.63) is 333 Å². The monoisotopic (exact) mass is 1590 g/mol. The molecule has 11 aromatic carbocycles. The molecule has 0 radical (unpaired) electrons. The van der Waals surface area contributed by atoms with Crippen LogP contribution in [0.4, 0.5) is 87.8 Å². The zero-order chi connectivity index (χ0) is 77.2. The molecule has 556 valence electrons. The number of aromatic nitrogens is 2. The quantitative estimate of drug-likeness (QED) is 0.0305. The molecule has 0 saturated heterocycles. The van der Waals surface area contributed by atoms with Gasteiger partial charge >= 0.3 is 17.1 Å². The van der Waals surface area contributed by atoms with E-state index in [-0.39, 0.29) is 22.5 Å². The van der Waals surface area contributed by atoms with E-state index in [0.717, 1.165) is 44.7 Å². The Morgan fingerprint density at radius 2 is 0.509 bits per heavy atom. The molecule has 1 aliphatic heterocycles. The van der Waals surface area contributed by atoms with Gasteiger partial charge in [0.15, 0.2) is 81.3 Å². The molecule has 108 heavy (non-hydrogen) atoms. The number of hydrogen-bond acceptors (Lipinski definition) is 3. The third kappa shape index (κ3) is 13.6. The van der Waals surface area contributed by atoms with Crippen LogP contribution in [0.2, 0.25) is 0 Å². The maximum Gasteiger partial charge on any atom is 1.00 e. The molecule has 13 aromatic rings. The van der Waals surface area contributed by atoms with E-state index >= 15 is 35.1 Å². The van der Waals surface area contributed by atoms with Crippen LogP contribution < -0.4 is 58.4 Å². The van der Waals surface area contributed by atoms with Gasteiger partial charge in [-0.1, -0.05) is 163 Å². The van der Waals surface area contributed by atoms with Crippen LogP contribution in [0.25, 0.3) is 21.8 Å². The maximum absolute atomic E-state index is 15.4. The van der Waals surface area contributed by atoms with E-state index in [9.17, 15) is 52.7 Å². The van der Waals surface area contributed by atoms with Crippen LogP contribution in [-0.4, -0.2) is 16.1 Å². The number of ether oxygens (including phenoxy) is 1. The Morgan fingerprint density at radius 1 is 0.287 bits per heavy atom. The molecule has 27 heteroatoms. The van der Waals surface area contributed by atoms with Crippen LogP contribution in [0.5, 0.6) is 11.5 Å². The number of hydrogen-bond donors (Lipinski definition) is 0. The molecule has 0 saturated carbocycles. The molecule has 0 unspecified atom stereocenters. The number of halogens is 20. The van der Waals surface area contributed by atoms with Crippen molar-refractivity contribution in [2.45, 2.75) is 58.8 Å². The van der Waals surface area contributed by atoms with E-state index in [1.165, 1.54) is 43.0 Å². The summed E-state index contributed by atoms with van der Waals surface area (Å²) in [7, 11) is -2.64. The largest absolute Gasteiger partial charge is 1.00 e. The van der Waals surface area contributed by atoms with Crippen LogP contribution in [0.3, 0.4) is 0 Å². The molecule has 0 N–H and O–H groups in total. The van der Waals surface area contributed by atoms with Crippen molar-refractivity contribution in [2.75, 3.05) is 0 Å². The topological polar surface area (TPSA) is 35.0 Å². The average molecular weight is 1590 g/mol. The van der Waals surface area contributed by atoms with E-state index in [4.69, 9.17) is 14.7 Å². The molecule has 0 bridgehead atoms. The fourth-order valence-electron chi connectivity index (χ4n) is 13.6. The predicted molar refractivity (Wildman–Crippen MR) is 380 cm³/mol. The van der Waals surface area contributed by atoms with Gasteiger partial charge in [-0.15, -0.1) is 21.9 Å². The third-order valence-corrected chi connectivity index (χ3v) is 24.3. The molecular weight excluding hydrogens is 1530 g/mol. The first-order chi connectivity index (χ1) is 50.9. The van der Waals surface area contributed by atoms with Crippen molar-refractivity contribution < 1.29 is 110 Å². The zero-order valence-electron chi connectivity index (χ0n) is 56.9. The van der Waals surface area contributed by atoms with Crippen LogP contribution in [0, 0.1) is 116 Å². The number of fused-ring (bicyclic) bond motifs is 5. The molecule has 0 spiro atoms. The summed E-state index contributed by atoms with van der Waals surface area (Å²) < 4.78 is 301. The van der Waals surface area contributed by atoms with Crippen molar-refractivity contribution in [3.63, 3.8) is 0 Å². The molecule has 14 rings (SSSR count). The first-order valence-corrected chi connectivity index (χ1v) is 35.7. The van der Waals surface area contributed by atoms with Gasteiger partial charge < -0.3 is 4.74 Å². The van der Waals surface area contributed by atoms with E-state index in [2.05, 4.69) is 236 Å². The minimum Gasteiger partial charge on any atom is -0.448 e. The molecular formula is C81H54BCuF20N2OP2+2. The molecule has 0 fully saturated rings.